The molecule has 0 heterocycles. The summed E-state index contributed by atoms with van der Waals surface area (Å²) < 4.78 is 31.5. The Hall–Kier alpha value is -0.530. The van der Waals surface area contributed by atoms with Crippen molar-refractivity contribution in [1.82, 2.24) is 0 Å². The van der Waals surface area contributed by atoms with Gasteiger partial charge >= 0.3 is 0 Å². The molecular formula is C10H13Cl2NO4S. The summed E-state index contributed by atoms with van der Waals surface area (Å²) in [7, 11) is -4.36. The van der Waals surface area contributed by atoms with Crippen LogP contribution in [0.15, 0.2) is 17.0 Å². The maximum Gasteiger partial charge on any atom is 0.296 e. The fraction of sp³-hybridized carbons (Fsp3) is 0.400. The summed E-state index contributed by atoms with van der Waals surface area (Å²) in [5, 5.41) is 12.3. The fourth-order valence-corrected chi connectivity index (χ4v) is 2.30. The van der Waals surface area contributed by atoms with Gasteiger partial charge < -0.3 is 10.4 Å². The van der Waals surface area contributed by atoms with E-state index < -0.39 is 16.2 Å². The molecule has 0 saturated carbocycles. The highest BCUT2D eigenvalue weighted by Crippen LogP contribution is 2.28. The quantitative estimate of drug-likeness (QED) is 0.571. The molecule has 102 valence electrons. The first kappa shape index (κ1) is 15.5. The molecule has 0 bridgehead atoms. The molecule has 3 N–H and O–H groups in total. The lowest BCUT2D eigenvalue weighted by atomic mass is 10.2. The highest BCUT2D eigenvalue weighted by Gasteiger charge is 2.18. The Morgan fingerprint density at radius 1 is 1.44 bits per heavy atom. The van der Waals surface area contributed by atoms with E-state index in [1.165, 1.54) is 12.1 Å². The minimum absolute atomic E-state index is 0.00774. The van der Waals surface area contributed by atoms with Crippen LogP contribution < -0.4 is 5.32 Å². The van der Waals surface area contributed by atoms with Crippen LogP contribution in [0.25, 0.3) is 0 Å². The average Bonchev–Trinajstić information content (AvgIpc) is 2.28. The highest BCUT2D eigenvalue weighted by molar-refractivity contribution is 7.86. The monoisotopic (exact) mass is 313 g/mol. The van der Waals surface area contributed by atoms with Gasteiger partial charge in [-0.15, -0.1) is 11.6 Å². The molecule has 1 unspecified atom stereocenters. The molecule has 0 aliphatic carbocycles. The number of anilines is 1. The number of aryl methyl sites for hydroxylation is 1. The van der Waals surface area contributed by atoms with Crippen molar-refractivity contribution < 1.29 is 18.1 Å². The molecule has 5 nitrogen and oxygen atoms in total. The SMILES string of the molecule is Cc1cc(S(=O)(=O)O)c(NCC(O)CCl)cc1Cl. The second kappa shape index (κ2) is 6.08. The van der Waals surface area contributed by atoms with E-state index in [1.54, 1.807) is 6.92 Å². The Morgan fingerprint density at radius 3 is 2.56 bits per heavy atom. The van der Waals surface area contributed by atoms with E-state index in [0.29, 0.717) is 10.6 Å². The summed E-state index contributed by atoms with van der Waals surface area (Å²) in [4.78, 5) is -0.286. The molecule has 1 atom stereocenters. The standard InChI is InChI=1S/C10H13Cl2NO4S/c1-6-2-10(18(15,16)17)9(3-8(6)12)13-5-7(14)4-11/h2-3,7,13-14H,4-5H2,1H3,(H,15,16,17). The normalized spacial score (nSPS) is 13.4. The molecule has 0 aliphatic rings. The van der Waals surface area contributed by atoms with Crippen molar-refractivity contribution in [3.05, 3.63) is 22.7 Å². The van der Waals surface area contributed by atoms with Gasteiger partial charge in [-0.2, -0.15) is 8.42 Å². The number of benzene rings is 1. The molecule has 18 heavy (non-hydrogen) atoms. The van der Waals surface area contributed by atoms with Crippen LogP contribution in [-0.4, -0.2) is 36.6 Å². The summed E-state index contributed by atoms with van der Waals surface area (Å²) in [6.07, 6.45) is -0.832. The number of alkyl halides is 1. The smallest absolute Gasteiger partial charge is 0.296 e. The lowest BCUT2D eigenvalue weighted by molar-refractivity contribution is 0.211. The Morgan fingerprint density at radius 2 is 2.06 bits per heavy atom. The summed E-state index contributed by atoms with van der Waals surface area (Å²) in [6.45, 7) is 1.67. The van der Waals surface area contributed by atoms with Crippen molar-refractivity contribution in [1.29, 1.82) is 0 Å². The number of rotatable bonds is 5. The van der Waals surface area contributed by atoms with E-state index in [-0.39, 0.29) is 23.0 Å². The zero-order chi connectivity index (χ0) is 13.9. The molecule has 8 heteroatoms. The summed E-state index contributed by atoms with van der Waals surface area (Å²) in [5.41, 5.74) is 0.644. The van der Waals surface area contributed by atoms with Gasteiger partial charge in [-0.3, -0.25) is 4.55 Å². The lowest BCUT2D eigenvalue weighted by Crippen LogP contribution is -2.21. The van der Waals surface area contributed by atoms with Crippen LogP contribution in [0.5, 0.6) is 0 Å². The fourth-order valence-electron chi connectivity index (χ4n) is 1.29. The maximum absolute atomic E-state index is 11.2. The summed E-state index contributed by atoms with van der Waals surface area (Å²) in [6, 6.07) is 2.63. The lowest BCUT2D eigenvalue weighted by Gasteiger charge is -2.14. The summed E-state index contributed by atoms with van der Waals surface area (Å²) >= 11 is 11.3. The third kappa shape index (κ3) is 4.00. The van der Waals surface area contributed by atoms with Gasteiger partial charge in [-0.1, -0.05) is 11.6 Å². The number of halogens is 2. The van der Waals surface area contributed by atoms with Gasteiger partial charge in [-0.05, 0) is 24.6 Å². The molecule has 0 aliphatic heterocycles. The topological polar surface area (TPSA) is 86.6 Å². The van der Waals surface area contributed by atoms with Crippen LogP contribution in [0.4, 0.5) is 5.69 Å². The first-order chi connectivity index (χ1) is 8.25. The van der Waals surface area contributed by atoms with E-state index in [4.69, 9.17) is 27.8 Å². The summed E-state index contributed by atoms with van der Waals surface area (Å²) in [5.74, 6) is 0.00774. The largest absolute Gasteiger partial charge is 0.390 e. The predicted octanol–water partition coefficient (Wildman–Crippen LogP) is 1.91. The van der Waals surface area contributed by atoms with Crippen LogP contribution in [0, 0.1) is 6.92 Å². The van der Waals surface area contributed by atoms with Crippen molar-refractivity contribution in [2.45, 2.75) is 17.9 Å². The van der Waals surface area contributed by atoms with Crippen LogP contribution in [0.1, 0.15) is 5.56 Å². The van der Waals surface area contributed by atoms with Crippen LogP contribution in [-0.2, 0) is 10.1 Å². The molecule has 0 saturated heterocycles. The average molecular weight is 314 g/mol. The van der Waals surface area contributed by atoms with Gasteiger partial charge in [0.25, 0.3) is 10.1 Å². The van der Waals surface area contributed by atoms with Crippen molar-refractivity contribution in [3.8, 4) is 0 Å². The molecule has 0 spiro atoms. The van der Waals surface area contributed by atoms with Crippen LogP contribution in [0.3, 0.4) is 0 Å². The molecule has 0 aromatic heterocycles. The molecular weight excluding hydrogens is 301 g/mol. The number of nitrogens with one attached hydrogen (secondary N) is 1. The van der Waals surface area contributed by atoms with Crippen molar-refractivity contribution in [2.75, 3.05) is 17.7 Å². The number of aliphatic hydroxyl groups is 1. The first-order valence-corrected chi connectivity index (χ1v) is 7.36. The van der Waals surface area contributed by atoms with Gasteiger partial charge in [0.05, 0.1) is 17.7 Å². The van der Waals surface area contributed by atoms with Crippen molar-refractivity contribution in [3.63, 3.8) is 0 Å². The van der Waals surface area contributed by atoms with E-state index in [2.05, 4.69) is 5.32 Å². The Labute approximate surface area is 115 Å². The number of hydrogen-bond donors (Lipinski definition) is 3. The Balaban J connectivity index is 3.13. The minimum atomic E-state index is -4.36. The molecule has 1 aromatic carbocycles. The first-order valence-electron chi connectivity index (χ1n) is 5.01. The molecule has 0 amide bonds. The molecule has 1 rings (SSSR count). The van der Waals surface area contributed by atoms with E-state index in [9.17, 15) is 13.5 Å². The van der Waals surface area contributed by atoms with E-state index in [0.717, 1.165) is 0 Å². The Kier molecular flexibility index (Phi) is 5.24. The zero-order valence-corrected chi connectivity index (χ0v) is 11.8. The number of hydrogen-bond acceptors (Lipinski definition) is 4. The third-order valence-corrected chi connectivity index (χ3v) is 3.90. The molecule has 0 fully saturated rings. The molecule has 1 aromatic rings. The zero-order valence-electron chi connectivity index (χ0n) is 9.52. The highest BCUT2D eigenvalue weighted by atomic mass is 35.5. The van der Waals surface area contributed by atoms with E-state index in [1.807, 2.05) is 0 Å². The molecule has 0 radical (unpaired) electrons. The van der Waals surface area contributed by atoms with Gasteiger partial charge in [-0.25, -0.2) is 0 Å². The van der Waals surface area contributed by atoms with Gasteiger partial charge in [0.15, 0.2) is 0 Å². The second-order valence-corrected chi connectivity index (χ2v) is 5.87. The maximum atomic E-state index is 11.2. The predicted molar refractivity (Wildman–Crippen MR) is 71.2 cm³/mol. The number of aliphatic hydroxyl groups excluding tert-OH is 1. The van der Waals surface area contributed by atoms with Gasteiger partial charge in [0.1, 0.15) is 4.90 Å². The van der Waals surface area contributed by atoms with Gasteiger partial charge in [0, 0.05) is 11.6 Å². The third-order valence-electron chi connectivity index (χ3n) is 2.24. The van der Waals surface area contributed by atoms with Crippen molar-refractivity contribution in [2.24, 2.45) is 0 Å². The minimum Gasteiger partial charge on any atom is -0.390 e. The van der Waals surface area contributed by atoms with E-state index >= 15 is 0 Å². The van der Waals surface area contributed by atoms with Crippen LogP contribution >= 0.6 is 23.2 Å². The van der Waals surface area contributed by atoms with Crippen molar-refractivity contribution >= 4 is 39.0 Å². The second-order valence-electron chi connectivity index (χ2n) is 3.76. The van der Waals surface area contributed by atoms with Gasteiger partial charge in [0.2, 0.25) is 0 Å². The Bertz CT molecular complexity index is 533. The van der Waals surface area contributed by atoms with Crippen LogP contribution in [0.2, 0.25) is 5.02 Å².